The molecule has 13 heteroatoms. The molecule has 3 aromatic rings. The van der Waals surface area contributed by atoms with Crippen molar-refractivity contribution < 1.29 is 29.1 Å². The van der Waals surface area contributed by atoms with Crippen molar-refractivity contribution in [3.63, 3.8) is 0 Å². The van der Waals surface area contributed by atoms with E-state index in [4.69, 9.17) is 14.7 Å². The van der Waals surface area contributed by atoms with Gasteiger partial charge in [0.15, 0.2) is 11.5 Å². The Labute approximate surface area is 243 Å². The predicted octanol–water partition coefficient (Wildman–Crippen LogP) is 3.19. The zero-order valence-electron chi connectivity index (χ0n) is 24.3. The first-order valence-electron chi connectivity index (χ1n) is 14.0. The molecule has 0 spiro atoms. The Hall–Kier alpha value is -4.52. The van der Waals surface area contributed by atoms with E-state index in [0.29, 0.717) is 42.9 Å². The van der Waals surface area contributed by atoms with Crippen molar-refractivity contribution in [2.24, 2.45) is 16.3 Å². The van der Waals surface area contributed by atoms with E-state index in [1.807, 2.05) is 26.3 Å². The highest BCUT2D eigenvalue weighted by Gasteiger charge is 2.35. The van der Waals surface area contributed by atoms with Gasteiger partial charge in [-0.2, -0.15) is 5.10 Å². The summed E-state index contributed by atoms with van der Waals surface area (Å²) < 4.78 is 12.0. The summed E-state index contributed by atoms with van der Waals surface area (Å²) in [6, 6.07) is 8.32. The maximum atomic E-state index is 13.2. The molecule has 1 aliphatic heterocycles. The van der Waals surface area contributed by atoms with Gasteiger partial charge in [0.2, 0.25) is 0 Å². The van der Waals surface area contributed by atoms with E-state index in [2.05, 4.69) is 25.7 Å². The average Bonchev–Trinajstić information content (AvgIpc) is 3.51. The minimum atomic E-state index is -0.527. The molecule has 2 amide bonds. The molecule has 3 heterocycles. The van der Waals surface area contributed by atoms with Gasteiger partial charge in [-0.3, -0.25) is 25.1 Å². The lowest BCUT2D eigenvalue weighted by Gasteiger charge is -2.29. The summed E-state index contributed by atoms with van der Waals surface area (Å²) in [5.41, 5.74) is 3.36. The fraction of sp³-hybridized carbons (Fsp3) is 0.448. The van der Waals surface area contributed by atoms with Crippen LogP contribution in [-0.2, 0) is 16.1 Å². The van der Waals surface area contributed by atoms with Crippen LogP contribution in [0.5, 0.6) is 5.75 Å². The number of hydrogen-bond acceptors (Lipinski definition) is 10. The minimum Gasteiger partial charge on any atom is -0.483 e. The van der Waals surface area contributed by atoms with Gasteiger partial charge in [0.05, 0.1) is 18.7 Å². The molecule has 1 aliphatic rings. The van der Waals surface area contributed by atoms with Crippen LogP contribution in [-0.4, -0.2) is 63.7 Å². The summed E-state index contributed by atoms with van der Waals surface area (Å²) >= 11 is 0. The van der Waals surface area contributed by atoms with Crippen LogP contribution in [0.1, 0.15) is 73.0 Å². The number of amidine groups is 1. The molecule has 0 saturated carbocycles. The van der Waals surface area contributed by atoms with Crippen LogP contribution >= 0.6 is 0 Å². The zero-order chi connectivity index (χ0) is 30.3. The molecule has 0 fully saturated rings. The van der Waals surface area contributed by atoms with Gasteiger partial charge >= 0.3 is 5.97 Å². The average molecular weight is 580 g/mol. The number of esters is 1. The lowest BCUT2D eigenvalue weighted by molar-refractivity contribution is -0.154. The van der Waals surface area contributed by atoms with Crippen LogP contribution in [0.2, 0.25) is 0 Å². The molecule has 1 unspecified atom stereocenters. The van der Waals surface area contributed by atoms with Gasteiger partial charge < -0.3 is 20.1 Å². The summed E-state index contributed by atoms with van der Waals surface area (Å²) in [4.78, 5) is 47.3. The molecule has 4 rings (SSSR count). The first-order valence-corrected chi connectivity index (χ1v) is 14.0. The molecule has 42 heavy (non-hydrogen) atoms. The van der Waals surface area contributed by atoms with Gasteiger partial charge in [-0.1, -0.05) is 26.8 Å². The molecule has 13 nitrogen and oxygen atoms in total. The second-order valence-electron chi connectivity index (χ2n) is 10.4. The van der Waals surface area contributed by atoms with Crippen LogP contribution in [0.3, 0.4) is 0 Å². The van der Waals surface area contributed by atoms with Gasteiger partial charge in [0, 0.05) is 25.2 Å². The molecule has 1 atom stereocenters. The number of hydrogen-bond donors (Lipinski definition) is 4. The predicted molar refractivity (Wildman–Crippen MR) is 154 cm³/mol. The molecule has 0 radical (unpaired) electrons. The Morgan fingerprint density at radius 3 is 2.64 bits per heavy atom. The number of aromatic nitrogens is 3. The highest BCUT2D eigenvalue weighted by atomic mass is 16.5. The molecule has 0 aliphatic carbocycles. The zero-order valence-corrected chi connectivity index (χ0v) is 24.3. The smallest absolute Gasteiger partial charge is 0.311 e. The number of ether oxygens (including phenoxy) is 2. The Morgan fingerprint density at radius 2 is 1.93 bits per heavy atom. The Balaban J connectivity index is 1.40. The van der Waals surface area contributed by atoms with Gasteiger partial charge in [-0.15, -0.1) is 0 Å². The second-order valence-corrected chi connectivity index (χ2v) is 10.4. The van der Waals surface area contributed by atoms with Crippen molar-refractivity contribution in [2.75, 3.05) is 20.3 Å². The van der Waals surface area contributed by atoms with E-state index >= 15 is 0 Å². The molecular formula is C29H37N7O6. The van der Waals surface area contributed by atoms with Gasteiger partial charge in [0.25, 0.3) is 11.8 Å². The van der Waals surface area contributed by atoms with Crippen LogP contribution < -0.4 is 20.9 Å². The normalized spacial score (nSPS) is 13.4. The van der Waals surface area contributed by atoms with E-state index in [1.54, 1.807) is 24.3 Å². The lowest BCUT2D eigenvalue weighted by atomic mass is 9.76. The standard InChI is InChI=1S/C29H37N7O6/c1-5-29(6-2,28(39)41-4)11-9-18(3)15-30-27(38)22-14-21(34-25-10-12-32-36(22)25)26(37)31-16-19-7-8-23-20(13-19)33-24(35-40)17-42-23/h7-8,10,12-14,18,40H,5-6,9,11,15-17H2,1-4H3,(H,30,38)(H,31,37)(H,33,35). The molecule has 1 aromatic carbocycles. The highest BCUT2D eigenvalue weighted by molar-refractivity contribution is 5.98. The van der Waals surface area contributed by atoms with Crippen molar-refractivity contribution in [3.05, 3.63) is 53.5 Å². The van der Waals surface area contributed by atoms with Crippen molar-refractivity contribution in [1.82, 2.24) is 30.7 Å². The summed E-state index contributed by atoms with van der Waals surface area (Å²) in [5.74, 6) is -0.106. The quantitative estimate of drug-likeness (QED) is 0.186. The topological polar surface area (TPSA) is 169 Å². The van der Waals surface area contributed by atoms with Gasteiger partial charge in [-0.25, -0.2) is 14.5 Å². The number of rotatable bonds is 12. The fourth-order valence-electron chi connectivity index (χ4n) is 4.92. The summed E-state index contributed by atoms with van der Waals surface area (Å²) in [5, 5.41) is 19.0. The Kier molecular flexibility index (Phi) is 9.73. The molecular weight excluding hydrogens is 542 g/mol. The summed E-state index contributed by atoms with van der Waals surface area (Å²) in [7, 11) is 1.41. The first kappa shape index (κ1) is 30.4. The third kappa shape index (κ3) is 6.68. The third-order valence-corrected chi connectivity index (χ3v) is 7.75. The summed E-state index contributed by atoms with van der Waals surface area (Å²) in [6.07, 6.45) is 4.28. The van der Waals surface area contributed by atoms with Crippen molar-refractivity contribution in [2.45, 2.75) is 53.0 Å². The number of nitrogens with one attached hydrogen (secondary N) is 3. The lowest BCUT2D eigenvalue weighted by Crippen LogP contribution is -2.34. The number of fused-ring (bicyclic) bond motifs is 2. The van der Waals surface area contributed by atoms with Gasteiger partial charge in [-0.05, 0) is 49.3 Å². The van der Waals surface area contributed by atoms with E-state index in [0.717, 1.165) is 12.0 Å². The number of methoxy groups -OCH3 is 1. The number of carbonyl (C=O) groups excluding carboxylic acids is 3. The number of amides is 2. The fourth-order valence-corrected chi connectivity index (χ4v) is 4.92. The number of carbonyl (C=O) groups is 3. The molecule has 4 N–H and O–H groups in total. The van der Waals surface area contributed by atoms with Crippen molar-refractivity contribution in [1.29, 1.82) is 0 Å². The van der Waals surface area contributed by atoms with Crippen LogP contribution in [0.4, 0.5) is 5.69 Å². The Bertz CT molecular complexity index is 1480. The van der Waals surface area contributed by atoms with Crippen LogP contribution in [0, 0.1) is 11.3 Å². The molecule has 2 aromatic heterocycles. The maximum absolute atomic E-state index is 13.2. The SMILES string of the molecule is CCC(CC)(CCC(C)CNC(=O)c1cc(C(=O)NCc2ccc3c(c2)N=C(NO)CO3)nc2ccnn12)C(=O)OC. The number of hydroxylamine groups is 1. The number of nitrogens with zero attached hydrogens (tertiary/aromatic N) is 4. The van der Waals surface area contributed by atoms with E-state index in [9.17, 15) is 14.4 Å². The highest BCUT2D eigenvalue weighted by Crippen LogP contribution is 2.35. The monoisotopic (exact) mass is 579 g/mol. The first-order chi connectivity index (χ1) is 20.2. The largest absolute Gasteiger partial charge is 0.483 e. The Morgan fingerprint density at radius 1 is 1.14 bits per heavy atom. The van der Waals surface area contributed by atoms with Crippen molar-refractivity contribution in [3.8, 4) is 5.75 Å². The van der Waals surface area contributed by atoms with E-state index in [1.165, 1.54) is 23.9 Å². The second kappa shape index (κ2) is 13.4. The number of aliphatic imine (C=N–C) groups is 1. The third-order valence-electron chi connectivity index (χ3n) is 7.75. The van der Waals surface area contributed by atoms with E-state index in [-0.39, 0.29) is 42.3 Å². The van der Waals surface area contributed by atoms with E-state index < -0.39 is 17.2 Å². The summed E-state index contributed by atoms with van der Waals surface area (Å²) in [6.45, 7) is 6.68. The van der Waals surface area contributed by atoms with Gasteiger partial charge in [0.1, 0.15) is 29.4 Å². The molecule has 224 valence electrons. The van der Waals surface area contributed by atoms with Crippen LogP contribution in [0.25, 0.3) is 5.65 Å². The molecule has 0 bridgehead atoms. The number of benzene rings is 1. The minimum absolute atomic E-state index is 0.0704. The molecule has 0 saturated heterocycles. The maximum Gasteiger partial charge on any atom is 0.311 e. The van der Waals surface area contributed by atoms with Crippen molar-refractivity contribution >= 4 is 35.0 Å². The van der Waals surface area contributed by atoms with Crippen LogP contribution in [0.15, 0.2) is 41.5 Å².